The fourth-order valence-corrected chi connectivity index (χ4v) is 5.97. The van der Waals surface area contributed by atoms with Gasteiger partial charge in [-0.25, -0.2) is 14.4 Å². The van der Waals surface area contributed by atoms with E-state index < -0.39 is 29.9 Å². The number of amides is 1. The molecule has 6 rings (SSSR count). The molecule has 0 unspecified atom stereocenters. The van der Waals surface area contributed by atoms with Crippen molar-refractivity contribution < 1.29 is 55.7 Å². The monoisotopic (exact) mass is 802 g/mol. The van der Waals surface area contributed by atoms with E-state index in [1.54, 1.807) is 5.56 Å². The summed E-state index contributed by atoms with van der Waals surface area (Å²) in [6.07, 6.45) is -5.31. The summed E-state index contributed by atoms with van der Waals surface area (Å²) in [4.78, 5) is 31.9. The van der Waals surface area contributed by atoms with Crippen LogP contribution in [-0.2, 0) is 38.2 Å². The number of aliphatic carboxylic acids is 2. The Hall–Kier alpha value is -2.85. The highest BCUT2D eigenvalue weighted by Gasteiger charge is 2.50. The molecular formula is C31H34Br2F6N2O6. The van der Waals surface area contributed by atoms with Crippen LogP contribution in [0.1, 0.15) is 68.7 Å². The first kappa shape index (κ1) is 38.6. The van der Waals surface area contributed by atoms with Gasteiger partial charge in [0.05, 0.1) is 0 Å². The van der Waals surface area contributed by atoms with Gasteiger partial charge in [-0.3, -0.25) is 0 Å². The second kappa shape index (κ2) is 14.3. The molecule has 16 heteroatoms. The van der Waals surface area contributed by atoms with Gasteiger partial charge < -0.3 is 25.2 Å². The molecule has 2 aromatic rings. The zero-order valence-electron chi connectivity index (χ0n) is 25.6. The minimum atomic E-state index is -5.08. The SMILES string of the molecule is Brc1ccc2c(c1)C1(CC1)CNC2.CC(C)(C)OC(=O)N1Cc2ccc(Br)cc2C2(CC2)C1.O=C(O)C(F)(F)F.O=C(O)C(F)(F)F. The minimum absolute atomic E-state index is 0.175. The van der Waals surface area contributed by atoms with E-state index in [2.05, 4.69) is 67.5 Å². The molecule has 2 saturated carbocycles. The number of halogens is 8. The fourth-order valence-electron chi connectivity index (χ4n) is 5.25. The number of benzene rings is 2. The number of nitrogens with zero attached hydrogens (tertiary/aromatic N) is 1. The molecule has 0 aromatic heterocycles. The van der Waals surface area contributed by atoms with E-state index >= 15 is 0 Å². The average Bonchev–Trinajstić information content (AvgIpc) is 3.87. The van der Waals surface area contributed by atoms with E-state index in [-0.39, 0.29) is 11.5 Å². The van der Waals surface area contributed by atoms with Crippen LogP contribution in [0, 0.1) is 0 Å². The Kier molecular flexibility index (Phi) is 11.8. The van der Waals surface area contributed by atoms with Gasteiger partial charge >= 0.3 is 30.4 Å². The van der Waals surface area contributed by atoms with E-state index in [1.165, 1.54) is 40.5 Å². The first-order chi connectivity index (χ1) is 21.5. The number of hydrogen-bond acceptors (Lipinski definition) is 5. The Morgan fingerprint density at radius 1 is 0.787 bits per heavy atom. The number of carboxylic acid groups (broad SMARTS) is 2. The molecule has 0 radical (unpaired) electrons. The first-order valence-electron chi connectivity index (χ1n) is 14.3. The van der Waals surface area contributed by atoms with Gasteiger partial charge in [-0.05, 0) is 93.0 Å². The summed E-state index contributed by atoms with van der Waals surface area (Å²) in [5, 5.41) is 17.7. The minimum Gasteiger partial charge on any atom is -0.475 e. The first-order valence-corrected chi connectivity index (χ1v) is 15.9. The van der Waals surface area contributed by atoms with Crippen LogP contribution in [0.15, 0.2) is 45.3 Å². The average molecular weight is 804 g/mol. The molecule has 2 spiro atoms. The van der Waals surface area contributed by atoms with Crippen LogP contribution >= 0.6 is 31.9 Å². The van der Waals surface area contributed by atoms with Crippen LogP contribution in [0.4, 0.5) is 31.1 Å². The normalized spacial score (nSPS) is 18.1. The number of hydrogen-bond donors (Lipinski definition) is 3. The van der Waals surface area contributed by atoms with Crippen LogP contribution in [-0.4, -0.2) is 64.2 Å². The van der Waals surface area contributed by atoms with Gasteiger partial charge in [-0.15, -0.1) is 0 Å². The van der Waals surface area contributed by atoms with Gasteiger partial charge in [0.1, 0.15) is 5.60 Å². The van der Waals surface area contributed by atoms with Gasteiger partial charge in [0, 0.05) is 46.0 Å². The Bertz CT molecular complexity index is 1460. The largest absolute Gasteiger partial charge is 0.490 e. The van der Waals surface area contributed by atoms with E-state index in [9.17, 15) is 31.1 Å². The Balaban J connectivity index is 0.000000191. The molecular weight excluding hydrogens is 770 g/mol. The van der Waals surface area contributed by atoms with Crippen molar-refractivity contribution in [1.82, 2.24) is 10.2 Å². The van der Waals surface area contributed by atoms with Crippen molar-refractivity contribution in [1.29, 1.82) is 0 Å². The third-order valence-corrected chi connectivity index (χ3v) is 8.75. The molecule has 2 aliphatic carbocycles. The zero-order valence-corrected chi connectivity index (χ0v) is 28.8. The number of carbonyl (C=O) groups excluding carboxylic acids is 1. The maximum Gasteiger partial charge on any atom is 0.490 e. The third kappa shape index (κ3) is 10.8. The zero-order chi connectivity index (χ0) is 35.6. The number of nitrogens with one attached hydrogen (secondary N) is 1. The van der Waals surface area contributed by atoms with Crippen LogP contribution in [0.5, 0.6) is 0 Å². The van der Waals surface area contributed by atoms with Crippen molar-refractivity contribution in [3.8, 4) is 0 Å². The third-order valence-electron chi connectivity index (χ3n) is 7.76. The van der Waals surface area contributed by atoms with E-state index in [4.69, 9.17) is 24.5 Å². The molecule has 0 bridgehead atoms. The molecule has 4 aliphatic rings. The number of carbonyl (C=O) groups is 3. The summed E-state index contributed by atoms with van der Waals surface area (Å²) < 4.78 is 71.3. The Morgan fingerprint density at radius 3 is 1.62 bits per heavy atom. The number of carboxylic acids is 2. The summed E-state index contributed by atoms with van der Waals surface area (Å²) in [6.45, 7) is 9.39. The lowest BCUT2D eigenvalue weighted by atomic mass is 9.87. The molecule has 0 atom stereocenters. The predicted octanol–water partition coefficient (Wildman–Crippen LogP) is 8.08. The number of alkyl halides is 6. The lowest BCUT2D eigenvalue weighted by Gasteiger charge is -2.36. The van der Waals surface area contributed by atoms with E-state index in [0.29, 0.717) is 12.0 Å². The molecule has 0 saturated heterocycles. The van der Waals surface area contributed by atoms with Gasteiger partial charge in [0.25, 0.3) is 0 Å². The van der Waals surface area contributed by atoms with Crippen LogP contribution in [0.2, 0.25) is 0 Å². The maximum absolute atomic E-state index is 12.3. The lowest BCUT2D eigenvalue weighted by molar-refractivity contribution is -0.193. The van der Waals surface area contributed by atoms with E-state index in [0.717, 1.165) is 30.4 Å². The van der Waals surface area contributed by atoms with E-state index in [1.807, 2.05) is 31.7 Å². The van der Waals surface area contributed by atoms with Crippen molar-refractivity contribution >= 4 is 49.9 Å². The highest BCUT2D eigenvalue weighted by Crippen LogP contribution is 2.53. The molecule has 2 aromatic carbocycles. The van der Waals surface area contributed by atoms with Gasteiger partial charge in [0.15, 0.2) is 0 Å². The molecule has 2 aliphatic heterocycles. The highest BCUT2D eigenvalue weighted by atomic mass is 79.9. The summed E-state index contributed by atoms with van der Waals surface area (Å²) in [5.41, 5.74) is 5.99. The standard InChI is InChI=1S/C16H20BrNO2.C11H12BrN.2C2HF3O2/c1-15(2,3)20-14(19)18-9-11-4-5-12(17)8-13(11)16(10-18)6-7-16;12-9-2-1-8-6-13-7-11(3-4-11)10(8)5-9;2*3-2(4,5)1(6)7/h4-5,8H,6-7,9-10H2,1-3H3;1-2,5,13H,3-4,6-7H2;2*(H,6,7). The molecule has 260 valence electrons. The smallest absolute Gasteiger partial charge is 0.475 e. The molecule has 2 fully saturated rings. The summed E-state index contributed by atoms with van der Waals surface area (Å²) in [7, 11) is 0. The Morgan fingerprint density at radius 2 is 1.21 bits per heavy atom. The fraction of sp³-hybridized carbons (Fsp3) is 0.516. The Labute approximate surface area is 284 Å². The highest BCUT2D eigenvalue weighted by molar-refractivity contribution is 9.10. The second-order valence-electron chi connectivity index (χ2n) is 12.7. The van der Waals surface area contributed by atoms with Crippen LogP contribution < -0.4 is 5.32 Å². The second-order valence-corrected chi connectivity index (χ2v) is 14.5. The number of rotatable bonds is 0. The van der Waals surface area contributed by atoms with Crippen molar-refractivity contribution in [3.05, 3.63) is 67.6 Å². The van der Waals surface area contributed by atoms with Gasteiger partial charge in [-0.2, -0.15) is 26.3 Å². The predicted molar refractivity (Wildman–Crippen MR) is 166 cm³/mol. The number of fused-ring (bicyclic) bond motifs is 4. The summed E-state index contributed by atoms with van der Waals surface area (Å²) in [6, 6.07) is 13.1. The molecule has 1 amide bonds. The molecule has 8 nitrogen and oxygen atoms in total. The van der Waals surface area contributed by atoms with Crippen molar-refractivity contribution in [2.45, 2.75) is 88.3 Å². The number of ether oxygens (including phenoxy) is 1. The van der Waals surface area contributed by atoms with Crippen LogP contribution in [0.25, 0.3) is 0 Å². The van der Waals surface area contributed by atoms with Gasteiger partial charge in [0.2, 0.25) is 0 Å². The van der Waals surface area contributed by atoms with Crippen LogP contribution in [0.3, 0.4) is 0 Å². The molecule has 2 heterocycles. The van der Waals surface area contributed by atoms with Crippen molar-refractivity contribution in [2.24, 2.45) is 0 Å². The van der Waals surface area contributed by atoms with Gasteiger partial charge in [-0.1, -0.05) is 44.0 Å². The topological polar surface area (TPSA) is 116 Å². The van der Waals surface area contributed by atoms with Crippen molar-refractivity contribution in [2.75, 3.05) is 13.1 Å². The lowest BCUT2D eigenvalue weighted by Crippen LogP contribution is -2.44. The summed E-state index contributed by atoms with van der Waals surface area (Å²) >= 11 is 7.10. The summed E-state index contributed by atoms with van der Waals surface area (Å²) in [5.74, 6) is -5.51. The maximum atomic E-state index is 12.3. The molecule has 3 N–H and O–H groups in total. The quantitative estimate of drug-likeness (QED) is 0.231. The molecule has 47 heavy (non-hydrogen) atoms. The van der Waals surface area contributed by atoms with Crippen molar-refractivity contribution in [3.63, 3.8) is 0 Å².